The van der Waals surface area contributed by atoms with Gasteiger partial charge in [-0.05, 0) is 18.2 Å². The van der Waals surface area contributed by atoms with Crippen molar-refractivity contribution in [3.63, 3.8) is 0 Å². The molecular weight excluding hydrogens is 262 g/mol. The number of aromatic nitrogens is 1. The summed E-state index contributed by atoms with van der Waals surface area (Å²) >= 11 is 0. The van der Waals surface area contributed by atoms with Crippen molar-refractivity contribution in [3.8, 4) is 11.6 Å². The zero-order valence-electron chi connectivity index (χ0n) is 10.8. The van der Waals surface area contributed by atoms with Gasteiger partial charge < -0.3 is 20.1 Å². The fraction of sp³-hybridized carbons (Fsp3) is 0.308. The number of pyridine rings is 1. The molecule has 1 aromatic heterocycles. The fourth-order valence-electron chi connectivity index (χ4n) is 1.58. The van der Waals surface area contributed by atoms with E-state index in [1.54, 1.807) is 12.1 Å². The fourth-order valence-corrected chi connectivity index (χ4v) is 1.58. The van der Waals surface area contributed by atoms with Gasteiger partial charge in [-0.3, -0.25) is 9.59 Å². The Labute approximate surface area is 116 Å². The van der Waals surface area contributed by atoms with Crippen LogP contribution >= 0.6 is 0 Å². The molecule has 1 aromatic rings. The molecule has 2 amide bonds. The normalized spacial score (nSPS) is 12.4. The van der Waals surface area contributed by atoms with Crippen molar-refractivity contribution in [1.82, 2.24) is 10.3 Å². The van der Waals surface area contributed by atoms with Gasteiger partial charge in [-0.15, -0.1) is 0 Å². The van der Waals surface area contributed by atoms with Crippen LogP contribution in [0.3, 0.4) is 0 Å². The number of amides is 2. The first-order chi connectivity index (χ1) is 9.69. The summed E-state index contributed by atoms with van der Waals surface area (Å²) in [5, 5.41) is 5.14. The summed E-state index contributed by atoms with van der Waals surface area (Å²) in [7, 11) is 0. The minimum Gasteiger partial charge on any atom is -0.484 e. The molecule has 0 atom stereocenters. The molecule has 0 radical (unpaired) electrons. The molecule has 2 rings (SSSR count). The van der Waals surface area contributed by atoms with Crippen LogP contribution in [0.25, 0.3) is 0 Å². The Balaban J connectivity index is 1.85. The van der Waals surface area contributed by atoms with E-state index in [0.717, 1.165) is 6.08 Å². The highest BCUT2D eigenvalue weighted by Gasteiger charge is 2.14. The van der Waals surface area contributed by atoms with E-state index in [1.807, 2.05) is 0 Å². The van der Waals surface area contributed by atoms with E-state index in [1.165, 1.54) is 0 Å². The Morgan fingerprint density at radius 3 is 2.95 bits per heavy atom. The summed E-state index contributed by atoms with van der Waals surface area (Å²) in [5.74, 6) is 0.754. The lowest BCUT2D eigenvalue weighted by Crippen LogP contribution is -2.26. The molecule has 2 heterocycles. The summed E-state index contributed by atoms with van der Waals surface area (Å²) in [6.45, 7) is 4.48. The zero-order valence-corrected chi connectivity index (χ0v) is 10.8. The smallest absolute Gasteiger partial charge is 0.259 e. The second-order valence-corrected chi connectivity index (χ2v) is 3.99. The van der Waals surface area contributed by atoms with Crippen molar-refractivity contribution in [3.05, 3.63) is 24.8 Å². The summed E-state index contributed by atoms with van der Waals surface area (Å²) in [6, 6.07) is 3.32. The molecule has 1 aliphatic rings. The average Bonchev–Trinajstić information content (AvgIpc) is 2.47. The molecule has 2 N–H and O–H groups in total. The number of carbonyl (C=O) groups excluding carboxylic acids is 2. The Kier molecular flexibility index (Phi) is 4.54. The Hall–Kier alpha value is -2.57. The molecule has 0 spiro atoms. The Bertz CT molecular complexity index is 530. The van der Waals surface area contributed by atoms with Crippen LogP contribution in [-0.2, 0) is 9.59 Å². The molecule has 7 nitrogen and oxygen atoms in total. The van der Waals surface area contributed by atoms with Gasteiger partial charge in [-0.2, -0.15) is 4.98 Å². The first kappa shape index (κ1) is 13.9. The quantitative estimate of drug-likeness (QED) is 0.764. The lowest BCUT2D eigenvalue weighted by Gasteiger charge is -2.17. The topological polar surface area (TPSA) is 89.6 Å². The molecule has 0 bridgehead atoms. The molecule has 1 aliphatic heterocycles. The van der Waals surface area contributed by atoms with Gasteiger partial charge in [0.2, 0.25) is 11.8 Å². The van der Waals surface area contributed by atoms with Crippen LogP contribution in [0.5, 0.6) is 11.6 Å². The molecule has 0 aromatic carbocycles. The predicted molar refractivity (Wildman–Crippen MR) is 71.7 cm³/mol. The maximum Gasteiger partial charge on any atom is 0.259 e. The Morgan fingerprint density at radius 1 is 1.35 bits per heavy atom. The van der Waals surface area contributed by atoms with Gasteiger partial charge in [-0.25, -0.2) is 0 Å². The number of nitrogens with one attached hydrogen (secondary N) is 2. The Morgan fingerprint density at radius 2 is 2.15 bits per heavy atom. The van der Waals surface area contributed by atoms with Crippen LogP contribution in [0, 0.1) is 0 Å². The monoisotopic (exact) mass is 277 g/mol. The highest BCUT2D eigenvalue weighted by Crippen LogP contribution is 2.28. The molecule has 106 valence electrons. The highest BCUT2D eigenvalue weighted by atomic mass is 16.6. The molecule has 7 heteroatoms. The number of rotatable bonds is 5. The molecule has 0 aliphatic carbocycles. The van der Waals surface area contributed by atoms with Crippen LogP contribution < -0.4 is 20.1 Å². The number of nitrogens with zero attached hydrogens (tertiary/aromatic N) is 1. The van der Waals surface area contributed by atoms with E-state index in [-0.39, 0.29) is 24.8 Å². The number of hydrogen-bond acceptors (Lipinski definition) is 5. The van der Waals surface area contributed by atoms with Crippen LogP contribution in [0.2, 0.25) is 0 Å². The van der Waals surface area contributed by atoms with Crippen molar-refractivity contribution in [2.45, 2.75) is 6.42 Å². The van der Waals surface area contributed by atoms with E-state index in [4.69, 9.17) is 9.47 Å². The van der Waals surface area contributed by atoms with Gasteiger partial charge in [-0.1, -0.05) is 6.58 Å². The average molecular weight is 277 g/mol. The third-order valence-electron chi connectivity index (χ3n) is 2.51. The number of carbonyl (C=O) groups is 2. The minimum atomic E-state index is -0.310. The summed E-state index contributed by atoms with van der Waals surface area (Å²) in [6.07, 6.45) is 1.30. The SMILES string of the molecule is C=CC(=O)NCCC(=O)Nc1ccc2c(n1)OCCO2. The summed E-state index contributed by atoms with van der Waals surface area (Å²) in [5.41, 5.74) is 0. The van der Waals surface area contributed by atoms with E-state index >= 15 is 0 Å². The summed E-state index contributed by atoms with van der Waals surface area (Å²) in [4.78, 5) is 26.7. The second-order valence-electron chi connectivity index (χ2n) is 3.99. The molecule has 20 heavy (non-hydrogen) atoms. The first-order valence-corrected chi connectivity index (χ1v) is 6.16. The van der Waals surface area contributed by atoms with E-state index in [2.05, 4.69) is 22.2 Å². The maximum absolute atomic E-state index is 11.7. The van der Waals surface area contributed by atoms with Gasteiger partial charge >= 0.3 is 0 Å². The van der Waals surface area contributed by atoms with Crippen LogP contribution in [-0.4, -0.2) is 36.6 Å². The maximum atomic E-state index is 11.7. The highest BCUT2D eigenvalue weighted by molar-refractivity contribution is 5.91. The van der Waals surface area contributed by atoms with Gasteiger partial charge in [0, 0.05) is 13.0 Å². The zero-order chi connectivity index (χ0) is 14.4. The second kappa shape index (κ2) is 6.55. The minimum absolute atomic E-state index is 0.149. The van der Waals surface area contributed by atoms with Crippen molar-refractivity contribution >= 4 is 17.6 Å². The lowest BCUT2D eigenvalue weighted by atomic mass is 10.3. The number of fused-ring (bicyclic) bond motifs is 1. The van der Waals surface area contributed by atoms with Crippen molar-refractivity contribution in [1.29, 1.82) is 0 Å². The van der Waals surface area contributed by atoms with Crippen LogP contribution in [0.1, 0.15) is 6.42 Å². The molecule has 0 fully saturated rings. The number of anilines is 1. The standard InChI is InChI=1S/C13H15N3O4/c1-2-11(17)14-6-5-12(18)15-10-4-3-9-13(16-10)20-8-7-19-9/h2-4H,1,5-8H2,(H,14,17)(H,15,16,18). The van der Waals surface area contributed by atoms with Gasteiger partial charge in [0.15, 0.2) is 5.75 Å². The summed E-state index contributed by atoms with van der Waals surface area (Å²) < 4.78 is 10.6. The number of hydrogen-bond donors (Lipinski definition) is 2. The van der Waals surface area contributed by atoms with Crippen molar-refractivity contribution in [2.75, 3.05) is 25.1 Å². The van der Waals surface area contributed by atoms with Crippen LogP contribution in [0.15, 0.2) is 24.8 Å². The lowest BCUT2D eigenvalue weighted by molar-refractivity contribution is -0.117. The van der Waals surface area contributed by atoms with Gasteiger partial charge in [0.25, 0.3) is 5.88 Å². The van der Waals surface area contributed by atoms with Crippen LogP contribution in [0.4, 0.5) is 5.82 Å². The van der Waals surface area contributed by atoms with Gasteiger partial charge in [0.05, 0.1) is 0 Å². The van der Waals surface area contributed by atoms with E-state index < -0.39 is 0 Å². The molecule has 0 saturated heterocycles. The van der Waals surface area contributed by atoms with Crippen molar-refractivity contribution < 1.29 is 19.1 Å². The van der Waals surface area contributed by atoms with E-state index in [0.29, 0.717) is 30.7 Å². The predicted octanol–water partition coefficient (Wildman–Crippen LogP) is 0.484. The third-order valence-corrected chi connectivity index (χ3v) is 2.51. The molecule has 0 unspecified atom stereocenters. The van der Waals surface area contributed by atoms with Crippen molar-refractivity contribution in [2.24, 2.45) is 0 Å². The largest absolute Gasteiger partial charge is 0.484 e. The van der Waals surface area contributed by atoms with Gasteiger partial charge in [0.1, 0.15) is 19.0 Å². The number of ether oxygens (including phenoxy) is 2. The molecule has 0 saturated carbocycles. The first-order valence-electron chi connectivity index (χ1n) is 6.16. The van der Waals surface area contributed by atoms with E-state index in [9.17, 15) is 9.59 Å². The molecular formula is C13H15N3O4. The third kappa shape index (κ3) is 3.71.